The maximum atomic E-state index is 13.4. The topological polar surface area (TPSA) is 71.3 Å². The molecule has 0 saturated carbocycles. The number of likely N-dealkylation sites (tertiary alicyclic amines) is 1. The number of thioether (sulfide) groups is 1. The number of para-hydroxylation sites is 1. The van der Waals surface area contributed by atoms with E-state index >= 15 is 0 Å². The molecule has 2 aromatic carbocycles. The van der Waals surface area contributed by atoms with E-state index in [2.05, 4.69) is 48.3 Å². The summed E-state index contributed by atoms with van der Waals surface area (Å²) >= 11 is 1.61. The number of aromatic nitrogens is 3. The van der Waals surface area contributed by atoms with Gasteiger partial charge in [-0.15, -0.1) is 10.2 Å². The Balaban J connectivity index is 1.61. The number of hydrogen-bond acceptors (Lipinski definition) is 5. The molecule has 1 fully saturated rings. The van der Waals surface area contributed by atoms with Crippen molar-refractivity contribution in [2.24, 2.45) is 0 Å². The first-order chi connectivity index (χ1) is 17.6. The molecule has 0 unspecified atom stereocenters. The normalized spacial score (nSPS) is 13.4. The van der Waals surface area contributed by atoms with Crippen LogP contribution in [0.1, 0.15) is 56.6 Å². The zero-order valence-corrected chi connectivity index (χ0v) is 22.0. The molecule has 36 heavy (non-hydrogen) atoms. The van der Waals surface area contributed by atoms with E-state index in [4.69, 9.17) is 0 Å². The van der Waals surface area contributed by atoms with Crippen molar-refractivity contribution in [1.29, 1.82) is 0 Å². The Bertz CT molecular complexity index is 1160. The van der Waals surface area contributed by atoms with Crippen LogP contribution in [-0.4, -0.2) is 51.1 Å². The van der Waals surface area contributed by atoms with E-state index in [0.29, 0.717) is 38.3 Å². The first kappa shape index (κ1) is 25.9. The quantitative estimate of drug-likeness (QED) is 0.308. The van der Waals surface area contributed by atoms with Gasteiger partial charge in [0, 0.05) is 38.2 Å². The number of nitrogens with zero attached hydrogens (tertiary/aromatic N) is 5. The lowest BCUT2D eigenvalue weighted by atomic mass is 10.2. The molecule has 1 aliphatic heterocycles. The van der Waals surface area contributed by atoms with Crippen molar-refractivity contribution in [1.82, 2.24) is 19.7 Å². The van der Waals surface area contributed by atoms with Crippen molar-refractivity contribution in [2.45, 2.75) is 63.3 Å². The molecule has 0 radical (unpaired) electrons. The maximum Gasteiger partial charge on any atom is 0.239 e. The molecule has 0 aliphatic carbocycles. The second-order valence-corrected chi connectivity index (χ2v) is 10.2. The van der Waals surface area contributed by atoms with E-state index in [1.54, 1.807) is 16.7 Å². The minimum atomic E-state index is 0.0458. The Morgan fingerprint density at radius 2 is 1.92 bits per heavy atom. The van der Waals surface area contributed by atoms with E-state index in [1.807, 2.05) is 39.8 Å². The molecule has 2 heterocycles. The standard InChI is InChI=1S/C28H35N5O2S/c1-3-4-15-26(35)32(19-10-18-31-17-9-16-25(31)34)27-29-30-28(33(27)24-13-6-5-7-14-24)36-21-23-12-8-11-22(2)20-23/h5-8,11-14,20H,3-4,9-10,15-19,21H2,1-2H3. The fourth-order valence-electron chi connectivity index (χ4n) is 4.44. The van der Waals surface area contributed by atoms with Gasteiger partial charge in [0.25, 0.3) is 0 Å². The molecular weight excluding hydrogens is 470 g/mol. The van der Waals surface area contributed by atoms with E-state index in [0.717, 1.165) is 42.4 Å². The monoisotopic (exact) mass is 505 g/mol. The molecule has 7 nitrogen and oxygen atoms in total. The number of benzene rings is 2. The molecule has 190 valence electrons. The van der Waals surface area contributed by atoms with Crippen LogP contribution in [0.3, 0.4) is 0 Å². The van der Waals surface area contributed by atoms with Gasteiger partial charge in [-0.25, -0.2) is 0 Å². The predicted octanol–water partition coefficient (Wildman–Crippen LogP) is 5.40. The Hall–Kier alpha value is -3.13. The van der Waals surface area contributed by atoms with Crippen LogP contribution in [0.4, 0.5) is 5.95 Å². The van der Waals surface area contributed by atoms with Crippen molar-refractivity contribution in [2.75, 3.05) is 24.5 Å². The van der Waals surface area contributed by atoms with Crippen LogP contribution < -0.4 is 4.90 Å². The van der Waals surface area contributed by atoms with Crippen molar-refractivity contribution in [3.05, 3.63) is 65.7 Å². The third-order valence-electron chi connectivity index (χ3n) is 6.35. The van der Waals surface area contributed by atoms with Crippen LogP contribution >= 0.6 is 11.8 Å². The fraction of sp³-hybridized carbons (Fsp3) is 0.429. The van der Waals surface area contributed by atoms with Gasteiger partial charge in [-0.05, 0) is 43.9 Å². The van der Waals surface area contributed by atoms with Crippen LogP contribution in [0.15, 0.2) is 59.8 Å². The highest BCUT2D eigenvalue weighted by molar-refractivity contribution is 7.98. The Labute approximate surface area is 217 Å². The van der Waals surface area contributed by atoms with E-state index in [-0.39, 0.29) is 11.8 Å². The third kappa shape index (κ3) is 6.55. The first-order valence-corrected chi connectivity index (χ1v) is 13.8. The van der Waals surface area contributed by atoms with Gasteiger partial charge in [0.2, 0.25) is 17.8 Å². The van der Waals surface area contributed by atoms with Gasteiger partial charge in [0.05, 0.1) is 5.69 Å². The summed E-state index contributed by atoms with van der Waals surface area (Å²) in [6.07, 6.45) is 4.49. The van der Waals surface area contributed by atoms with Crippen molar-refractivity contribution in [3.8, 4) is 5.69 Å². The van der Waals surface area contributed by atoms with Gasteiger partial charge in [-0.3, -0.25) is 19.1 Å². The van der Waals surface area contributed by atoms with E-state index < -0.39 is 0 Å². The molecule has 3 aromatic rings. The molecule has 1 aliphatic rings. The zero-order chi connectivity index (χ0) is 25.3. The number of hydrogen-bond donors (Lipinski definition) is 0. The molecule has 4 rings (SSSR count). The SMILES string of the molecule is CCCCC(=O)N(CCCN1CCCC1=O)c1nnc(SCc2cccc(C)c2)n1-c1ccccc1. The summed E-state index contributed by atoms with van der Waals surface area (Å²) in [5.41, 5.74) is 3.37. The Morgan fingerprint density at radius 3 is 2.64 bits per heavy atom. The van der Waals surface area contributed by atoms with Crippen LogP contribution in [0, 0.1) is 6.92 Å². The van der Waals surface area contributed by atoms with Gasteiger partial charge in [0.1, 0.15) is 0 Å². The number of anilines is 1. The number of amides is 2. The zero-order valence-electron chi connectivity index (χ0n) is 21.2. The number of carbonyl (C=O) groups is 2. The average Bonchev–Trinajstić information content (AvgIpc) is 3.50. The molecular formula is C28H35N5O2S. The summed E-state index contributed by atoms with van der Waals surface area (Å²) in [4.78, 5) is 29.1. The highest BCUT2D eigenvalue weighted by atomic mass is 32.2. The highest BCUT2D eigenvalue weighted by Gasteiger charge is 2.26. The smallest absolute Gasteiger partial charge is 0.239 e. The van der Waals surface area contributed by atoms with Crippen LogP contribution in [0.2, 0.25) is 0 Å². The molecule has 0 spiro atoms. The van der Waals surface area contributed by atoms with Crippen LogP contribution in [0.5, 0.6) is 0 Å². The van der Waals surface area contributed by atoms with E-state index in [1.165, 1.54) is 11.1 Å². The van der Waals surface area contributed by atoms with Crippen LogP contribution in [0.25, 0.3) is 5.69 Å². The highest BCUT2D eigenvalue weighted by Crippen LogP contribution is 2.29. The molecule has 8 heteroatoms. The largest absolute Gasteiger partial charge is 0.343 e. The summed E-state index contributed by atoms with van der Waals surface area (Å²) in [5, 5.41) is 9.81. The summed E-state index contributed by atoms with van der Waals surface area (Å²) in [7, 11) is 0. The second-order valence-electron chi connectivity index (χ2n) is 9.22. The number of unbranched alkanes of at least 4 members (excludes halogenated alkanes) is 1. The predicted molar refractivity (Wildman–Crippen MR) is 144 cm³/mol. The summed E-state index contributed by atoms with van der Waals surface area (Å²) < 4.78 is 1.99. The maximum absolute atomic E-state index is 13.4. The van der Waals surface area contributed by atoms with E-state index in [9.17, 15) is 9.59 Å². The minimum Gasteiger partial charge on any atom is -0.343 e. The molecule has 0 bridgehead atoms. The Morgan fingerprint density at radius 1 is 1.08 bits per heavy atom. The average molecular weight is 506 g/mol. The summed E-state index contributed by atoms with van der Waals surface area (Å²) in [6, 6.07) is 18.4. The third-order valence-corrected chi connectivity index (χ3v) is 7.35. The molecule has 1 aromatic heterocycles. The van der Waals surface area contributed by atoms with Crippen molar-refractivity contribution in [3.63, 3.8) is 0 Å². The van der Waals surface area contributed by atoms with Crippen molar-refractivity contribution < 1.29 is 9.59 Å². The van der Waals surface area contributed by atoms with Gasteiger partial charge < -0.3 is 4.90 Å². The number of carbonyl (C=O) groups excluding carboxylic acids is 2. The molecule has 0 atom stereocenters. The number of aryl methyl sites for hydroxylation is 1. The van der Waals surface area contributed by atoms with Crippen molar-refractivity contribution >= 4 is 29.5 Å². The lowest BCUT2D eigenvalue weighted by Gasteiger charge is -2.24. The molecule has 2 amide bonds. The summed E-state index contributed by atoms with van der Waals surface area (Å²) in [5.74, 6) is 1.56. The van der Waals surface area contributed by atoms with Gasteiger partial charge in [-0.1, -0.05) is 73.1 Å². The minimum absolute atomic E-state index is 0.0458. The summed E-state index contributed by atoms with van der Waals surface area (Å²) in [6.45, 7) is 6.14. The molecule has 1 saturated heterocycles. The lowest BCUT2D eigenvalue weighted by Crippen LogP contribution is -2.36. The first-order valence-electron chi connectivity index (χ1n) is 12.8. The Kier molecular flexibility index (Phi) is 9.17. The fourth-order valence-corrected chi connectivity index (χ4v) is 5.33. The van der Waals surface area contributed by atoms with Gasteiger partial charge in [-0.2, -0.15) is 0 Å². The second kappa shape index (κ2) is 12.7. The molecule has 0 N–H and O–H groups in total. The van der Waals surface area contributed by atoms with Gasteiger partial charge in [0.15, 0.2) is 5.16 Å². The number of rotatable bonds is 12. The van der Waals surface area contributed by atoms with Gasteiger partial charge >= 0.3 is 0 Å². The van der Waals surface area contributed by atoms with Crippen LogP contribution in [-0.2, 0) is 15.3 Å². The lowest BCUT2D eigenvalue weighted by molar-refractivity contribution is -0.127.